The number of ketones is 1. The normalized spacial score (nSPS) is 13.0. The van der Waals surface area contributed by atoms with Gasteiger partial charge in [0, 0.05) is 23.4 Å². The number of Topliss-reactive ketones (excluding diaryl/α,β-unsaturated/α-hetero) is 1. The Morgan fingerprint density at radius 1 is 1.14 bits per heavy atom. The van der Waals surface area contributed by atoms with E-state index in [1.54, 1.807) is 31.2 Å². The summed E-state index contributed by atoms with van der Waals surface area (Å²) in [6, 6.07) is 6.71. The van der Waals surface area contributed by atoms with Crippen molar-refractivity contribution in [3.63, 3.8) is 0 Å². The van der Waals surface area contributed by atoms with Crippen LogP contribution in [0, 0.1) is 6.92 Å². The minimum atomic E-state index is -1.10. The summed E-state index contributed by atoms with van der Waals surface area (Å²) >= 11 is 0. The first-order chi connectivity index (χ1) is 13.3. The molecule has 0 unspecified atom stereocenters. The fourth-order valence-corrected chi connectivity index (χ4v) is 3.32. The molecule has 0 atom stereocenters. The number of carbonyl (C=O) groups is 4. The highest BCUT2D eigenvalue weighted by Crippen LogP contribution is 2.27. The van der Waals surface area contributed by atoms with Gasteiger partial charge in [0.05, 0.1) is 6.42 Å². The van der Waals surface area contributed by atoms with Gasteiger partial charge in [-0.1, -0.05) is 12.1 Å². The Bertz CT molecular complexity index is 943. The summed E-state index contributed by atoms with van der Waals surface area (Å²) in [5.74, 6) is -1.75. The van der Waals surface area contributed by atoms with Crippen LogP contribution in [0.4, 0.5) is 5.69 Å². The highest BCUT2D eigenvalue weighted by Gasteiger charge is 2.26. The third-order valence-corrected chi connectivity index (χ3v) is 4.68. The number of amides is 2. The Labute approximate surface area is 161 Å². The summed E-state index contributed by atoms with van der Waals surface area (Å²) in [7, 11) is 0. The van der Waals surface area contributed by atoms with E-state index in [-0.39, 0.29) is 18.1 Å². The number of hydrogen-bond acceptors (Lipinski definition) is 4. The van der Waals surface area contributed by atoms with Crippen molar-refractivity contribution in [3.05, 3.63) is 52.3 Å². The minimum Gasteiger partial charge on any atom is -0.480 e. The number of fused-ring (bicyclic) bond motifs is 1. The summed E-state index contributed by atoms with van der Waals surface area (Å²) in [5.41, 5.74) is 3.76. The molecular formula is C20H21N3O5. The van der Waals surface area contributed by atoms with Gasteiger partial charge in [-0.3, -0.25) is 19.2 Å². The molecule has 1 aliphatic rings. The molecule has 0 spiro atoms. The molecule has 0 aliphatic heterocycles. The van der Waals surface area contributed by atoms with Crippen molar-refractivity contribution in [3.8, 4) is 0 Å². The molecule has 2 aromatic rings. The lowest BCUT2D eigenvalue weighted by molar-refractivity contribution is -0.137. The lowest BCUT2D eigenvalue weighted by Crippen LogP contribution is -2.30. The van der Waals surface area contributed by atoms with E-state index >= 15 is 0 Å². The van der Waals surface area contributed by atoms with Crippen LogP contribution in [0.3, 0.4) is 0 Å². The molecule has 0 bridgehead atoms. The van der Waals surface area contributed by atoms with Gasteiger partial charge in [0.2, 0.25) is 5.91 Å². The number of anilines is 1. The number of aliphatic carboxylic acids is 1. The van der Waals surface area contributed by atoms with Gasteiger partial charge in [-0.2, -0.15) is 0 Å². The Hall–Kier alpha value is -3.42. The molecular weight excluding hydrogens is 362 g/mol. The second-order valence-corrected chi connectivity index (χ2v) is 6.75. The third-order valence-electron chi connectivity index (χ3n) is 4.68. The van der Waals surface area contributed by atoms with Gasteiger partial charge in [0.15, 0.2) is 5.78 Å². The van der Waals surface area contributed by atoms with Crippen LogP contribution in [-0.4, -0.2) is 40.2 Å². The molecule has 0 fully saturated rings. The van der Waals surface area contributed by atoms with E-state index in [1.165, 1.54) is 0 Å². The van der Waals surface area contributed by atoms with Crippen LogP contribution in [0.15, 0.2) is 24.3 Å². The quantitative estimate of drug-likeness (QED) is 0.605. The maximum absolute atomic E-state index is 12.6. The zero-order valence-corrected chi connectivity index (χ0v) is 15.4. The molecule has 1 heterocycles. The van der Waals surface area contributed by atoms with E-state index in [1.807, 2.05) is 0 Å². The largest absolute Gasteiger partial charge is 0.480 e. The summed E-state index contributed by atoms with van der Waals surface area (Å²) < 4.78 is 0. The van der Waals surface area contributed by atoms with Gasteiger partial charge in [0.25, 0.3) is 5.91 Å². The Morgan fingerprint density at radius 3 is 2.50 bits per heavy atom. The van der Waals surface area contributed by atoms with Gasteiger partial charge in [-0.15, -0.1) is 0 Å². The van der Waals surface area contributed by atoms with Crippen molar-refractivity contribution in [2.75, 3.05) is 11.9 Å². The standard InChI is InChI=1S/C20H21N3O5/c1-11-18-14(3-2-4-15(18)24)23-19(11)20(28)22-13-7-5-12(6-8-13)9-16(25)21-10-17(26)27/h5-8,23H,2-4,9-10H2,1H3,(H,21,25)(H,22,28)(H,26,27). The van der Waals surface area contributed by atoms with E-state index in [0.29, 0.717) is 34.5 Å². The lowest BCUT2D eigenvalue weighted by atomic mass is 9.94. The zero-order chi connectivity index (χ0) is 20.3. The topological polar surface area (TPSA) is 128 Å². The summed E-state index contributed by atoms with van der Waals surface area (Å²) in [6.45, 7) is 1.35. The maximum atomic E-state index is 12.6. The van der Waals surface area contributed by atoms with Crippen molar-refractivity contribution in [1.82, 2.24) is 10.3 Å². The number of nitrogens with one attached hydrogen (secondary N) is 3. The smallest absolute Gasteiger partial charge is 0.322 e. The minimum absolute atomic E-state index is 0.0477. The van der Waals surface area contributed by atoms with E-state index < -0.39 is 18.4 Å². The van der Waals surface area contributed by atoms with Crippen LogP contribution < -0.4 is 10.6 Å². The molecule has 1 aromatic carbocycles. The molecule has 0 saturated heterocycles. The van der Waals surface area contributed by atoms with Crippen LogP contribution in [0.5, 0.6) is 0 Å². The molecule has 1 aliphatic carbocycles. The van der Waals surface area contributed by atoms with Crippen LogP contribution in [0.1, 0.15) is 50.5 Å². The van der Waals surface area contributed by atoms with Gasteiger partial charge in [-0.25, -0.2) is 0 Å². The van der Waals surface area contributed by atoms with Crippen molar-refractivity contribution in [2.24, 2.45) is 0 Å². The Kier molecular flexibility index (Phi) is 5.58. The van der Waals surface area contributed by atoms with Gasteiger partial charge in [0.1, 0.15) is 12.2 Å². The number of carbonyl (C=O) groups excluding carboxylic acids is 3. The molecule has 8 heteroatoms. The van der Waals surface area contributed by atoms with E-state index in [9.17, 15) is 19.2 Å². The van der Waals surface area contributed by atoms with Gasteiger partial charge in [-0.05, 0) is 43.0 Å². The molecule has 0 saturated carbocycles. The molecule has 0 radical (unpaired) electrons. The first-order valence-corrected chi connectivity index (χ1v) is 8.98. The SMILES string of the molecule is Cc1c(C(=O)Nc2ccc(CC(=O)NCC(=O)O)cc2)[nH]c2c1C(=O)CCC2. The number of rotatable bonds is 6. The van der Waals surface area contributed by atoms with Crippen molar-refractivity contribution >= 4 is 29.3 Å². The molecule has 8 nitrogen and oxygen atoms in total. The average Bonchev–Trinajstić information content (AvgIpc) is 3.00. The molecule has 3 rings (SSSR count). The monoisotopic (exact) mass is 383 g/mol. The molecule has 28 heavy (non-hydrogen) atoms. The predicted octanol–water partition coefficient (Wildman–Crippen LogP) is 1.84. The highest BCUT2D eigenvalue weighted by molar-refractivity contribution is 6.08. The fourth-order valence-electron chi connectivity index (χ4n) is 3.32. The molecule has 2 amide bonds. The highest BCUT2D eigenvalue weighted by atomic mass is 16.4. The Balaban J connectivity index is 1.64. The van der Waals surface area contributed by atoms with Crippen LogP contribution in [0.2, 0.25) is 0 Å². The first-order valence-electron chi connectivity index (χ1n) is 8.98. The lowest BCUT2D eigenvalue weighted by Gasteiger charge is -2.09. The average molecular weight is 383 g/mol. The number of carboxylic acid groups (broad SMARTS) is 1. The number of H-pyrrole nitrogens is 1. The summed E-state index contributed by atoms with van der Waals surface area (Å²) in [5, 5.41) is 13.6. The molecule has 4 N–H and O–H groups in total. The van der Waals surface area contributed by atoms with Crippen LogP contribution in [0.25, 0.3) is 0 Å². The van der Waals surface area contributed by atoms with Gasteiger partial charge >= 0.3 is 5.97 Å². The zero-order valence-electron chi connectivity index (χ0n) is 15.4. The first kappa shape index (κ1) is 19.3. The fraction of sp³-hybridized carbons (Fsp3) is 0.300. The third kappa shape index (κ3) is 4.28. The van der Waals surface area contributed by atoms with E-state index in [2.05, 4.69) is 15.6 Å². The van der Waals surface area contributed by atoms with Crippen molar-refractivity contribution < 1.29 is 24.3 Å². The van der Waals surface area contributed by atoms with Crippen LogP contribution >= 0.6 is 0 Å². The van der Waals surface area contributed by atoms with E-state index in [0.717, 1.165) is 18.5 Å². The molecule has 1 aromatic heterocycles. The number of hydrogen-bond donors (Lipinski definition) is 4. The van der Waals surface area contributed by atoms with E-state index in [4.69, 9.17) is 5.11 Å². The van der Waals surface area contributed by atoms with Crippen LogP contribution in [-0.2, 0) is 22.4 Å². The van der Waals surface area contributed by atoms with Gasteiger partial charge < -0.3 is 20.7 Å². The maximum Gasteiger partial charge on any atom is 0.322 e. The second kappa shape index (κ2) is 8.08. The summed E-state index contributed by atoms with van der Waals surface area (Å²) in [4.78, 5) is 49.9. The molecule has 146 valence electrons. The van der Waals surface area contributed by atoms with Crippen molar-refractivity contribution in [2.45, 2.75) is 32.6 Å². The Morgan fingerprint density at radius 2 is 1.86 bits per heavy atom. The second-order valence-electron chi connectivity index (χ2n) is 6.75. The number of aryl methyl sites for hydroxylation is 1. The summed E-state index contributed by atoms with van der Waals surface area (Å²) in [6.07, 6.45) is 2.10. The van der Waals surface area contributed by atoms with Crippen molar-refractivity contribution in [1.29, 1.82) is 0 Å². The number of benzene rings is 1. The number of aromatic nitrogens is 1. The predicted molar refractivity (Wildman–Crippen MR) is 102 cm³/mol. The number of carboxylic acids is 1. The number of aromatic amines is 1.